The predicted molar refractivity (Wildman–Crippen MR) is 60.7 cm³/mol. The number of imide groups is 3. The van der Waals surface area contributed by atoms with Crippen LogP contribution in [0.25, 0.3) is 0 Å². The summed E-state index contributed by atoms with van der Waals surface area (Å²) in [7, 11) is 0. The summed E-state index contributed by atoms with van der Waals surface area (Å²) in [4.78, 5) is 34.8. The highest BCUT2D eigenvalue weighted by atomic mass is 16.2. The minimum absolute atomic E-state index is 0.108. The maximum Gasteiger partial charge on any atom is 0.284 e. The topological polar surface area (TPSA) is 66.5 Å². The van der Waals surface area contributed by atoms with Crippen LogP contribution in [0.1, 0.15) is 6.92 Å². The van der Waals surface area contributed by atoms with Crippen LogP contribution in [0.4, 0.5) is 5.69 Å². The Morgan fingerprint density at radius 3 is 2.35 bits per heavy atom. The van der Waals surface area contributed by atoms with E-state index in [1.807, 2.05) is 6.07 Å². The largest absolute Gasteiger partial charge is 0.351 e. The molecule has 17 heavy (non-hydrogen) atoms. The van der Waals surface area contributed by atoms with Gasteiger partial charge in [0.2, 0.25) is 5.91 Å². The van der Waals surface area contributed by atoms with Crippen LogP contribution in [-0.4, -0.2) is 22.6 Å². The highest BCUT2D eigenvalue weighted by Crippen LogP contribution is 2.16. The summed E-state index contributed by atoms with van der Waals surface area (Å²) in [5.74, 6) is -1.81. The summed E-state index contributed by atoms with van der Waals surface area (Å²) in [6.45, 7) is 1.18. The fourth-order valence-electron chi connectivity index (χ4n) is 1.54. The van der Waals surface area contributed by atoms with Crippen molar-refractivity contribution in [2.24, 2.45) is 0 Å². The molecule has 0 unspecified atom stereocenters. The number of carbonyl (C=O) groups excluding carboxylic acids is 3. The summed E-state index contributed by atoms with van der Waals surface area (Å²) in [5.41, 5.74) is 0.793. The summed E-state index contributed by atoms with van der Waals surface area (Å²) >= 11 is 0. The molecule has 1 aromatic carbocycles. The first-order valence-electron chi connectivity index (χ1n) is 5.02. The fourth-order valence-corrected chi connectivity index (χ4v) is 1.54. The molecule has 0 saturated carbocycles. The summed E-state index contributed by atoms with van der Waals surface area (Å²) < 4.78 is 0. The quantitative estimate of drug-likeness (QED) is 0.766. The third-order valence-electron chi connectivity index (χ3n) is 2.29. The van der Waals surface area contributed by atoms with Crippen LogP contribution in [0.15, 0.2) is 42.1 Å². The van der Waals surface area contributed by atoms with Crippen molar-refractivity contribution in [2.75, 3.05) is 5.32 Å². The molecule has 0 spiro atoms. The minimum atomic E-state index is -0.619. The van der Waals surface area contributed by atoms with E-state index in [0.29, 0.717) is 10.6 Å². The lowest BCUT2D eigenvalue weighted by Crippen LogP contribution is -2.36. The van der Waals surface area contributed by atoms with E-state index in [1.165, 1.54) is 6.92 Å². The summed E-state index contributed by atoms with van der Waals surface area (Å²) in [5, 5.41) is 2.80. The molecule has 0 radical (unpaired) electrons. The Morgan fingerprint density at radius 2 is 1.82 bits per heavy atom. The van der Waals surface area contributed by atoms with E-state index in [9.17, 15) is 14.4 Å². The van der Waals surface area contributed by atoms with Gasteiger partial charge >= 0.3 is 0 Å². The molecule has 1 aliphatic heterocycles. The molecular weight excluding hydrogens is 220 g/mol. The molecule has 0 bridgehead atoms. The molecule has 0 fully saturated rings. The molecule has 0 atom stereocenters. The SMILES string of the molecule is CC(=O)N1C(=O)C=C(Nc2ccccc2)C1=O. The lowest BCUT2D eigenvalue weighted by Gasteiger charge is -2.10. The van der Waals surface area contributed by atoms with Gasteiger partial charge in [-0.2, -0.15) is 0 Å². The van der Waals surface area contributed by atoms with E-state index in [-0.39, 0.29) is 5.70 Å². The second kappa shape index (κ2) is 4.21. The van der Waals surface area contributed by atoms with E-state index >= 15 is 0 Å². The fraction of sp³-hybridized carbons (Fsp3) is 0.0833. The van der Waals surface area contributed by atoms with Crippen molar-refractivity contribution in [1.82, 2.24) is 4.90 Å². The zero-order valence-corrected chi connectivity index (χ0v) is 9.14. The smallest absolute Gasteiger partial charge is 0.284 e. The predicted octanol–water partition coefficient (Wildman–Crippen LogP) is 0.898. The highest BCUT2D eigenvalue weighted by Gasteiger charge is 2.34. The Balaban J connectivity index is 2.20. The molecule has 1 aromatic rings. The molecule has 5 heteroatoms. The minimum Gasteiger partial charge on any atom is -0.351 e. The van der Waals surface area contributed by atoms with Gasteiger partial charge in [0.1, 0.15) is 5.70 Å². The molecule has 0 saturated heterocycles. The van der Waals surface area contributed by atoms with Crippen molar-refractivity contribution < 1.29 is 14.4 Å². The molecule has 3 amide bonds. The molecular formula is C12H10N2O3. The van der Waals surface area contributed by atoms with Gasteiger partial charge in [0.05, 0.1) is 0 Å². The van der Waals surface area contributed by atoms with Gasteiger partial charge in [0.15, 0.2) is 0 Å². The van der Waals surface area contributed by atoms with Crippen molar-refractivity contribution in [3.8, 4) is 0 Å². The normalized spacial score (nSPS) is 14.9. The Kier molecular flexibility index (Phi) is 2.74. The molecule has 1 aliphatic rings. The number of nitrogens with zero attached hydrogens (tertiary/aromatic N) is 1. The maximum atomic E-state index is 11.7. The highest BCUT2D eigenvalue weighted by molar-refractivity contribution is 6.25. The molecule has 86 valence electrons. The molecule has 0 aromatic heterocycles. The number of hydrogen-bond acceptors (Lipinski definition) is 4. The van der Waals surface area contributed by atoms with Crippen LogP contribution >= 0.6 is 0 Å². The van der Waals surface area contributed by atoms with Gasteiger partial charge in [0.25, 0.3) is 11.8 Å². The van der Waals surface area contributed by atoms with Crippen molar-refractivity contribution in [2.45, 2.75) is 6.92 Å². The van der Waals surface area contributed by atoms with Crippen LogP contribution in [0.3, 0.4) is 0 Å². The monoisotopic (exact) mass is 230 g/mol. The first-order valence-corrected chi connectivity index (χ1v) is 5.02. The number of para-hydroxylation sites is 1. The average Bonchev–Trinajstić information content (AvgIpc) is 2.55. The average molecular weight is 230 g/mol. The van der Waals surface area contributed by atoms with Gasteiger partial charge < -0.3 is 5.32 Å². The number of carbonyl (C=O) groups is 3. The maximum absolute atomic E-state index is 11.7. The number of amides is 3. The van der Waals surface area contributed by atoms with E-state index in [0.717, 1.165) is 6.08 Å². The molecule has 2 rings (SSSR count). The van der Waals surface area contributed by atoms with Crippen LogP contribution < -0.4 is 5.32 Å². The van der Waals surface area contributed by atoms with Crippen LogP contribution in [0.5, 0.6) is 0 Å². The first kappa shape index (κ1) is 11.1. The zero-order chi connectivity index (χ0) is 12.4. The third kappa shape index (κ3) is 2.08. The number of nitrogens with one attached hydrogen (secondary N) is 1. The van der Waals surface area contributed by atoms with Gasteiger partial charge in [-0.25, -0.2) is 4.90 Å². The Bertz CT molecular complexity index is 520. The lowest BCUT2D eigenvalue weighted by molar-refractivity contribution is -0.147. The van der Waals surface area contributed by atoms with Crippen molar-refractivity contribution in [3.63, 3.8) is 0 Å². The standard InChI is InChI=1S/C12H10N2O3/c1-8(15)14-11(16)7-10(12(14)17)13-9-5-3-2-4-6-9/h2-7,13H,1H3. The van der Waals surface area contributed by atoms with E-state index in [1.54, 1.807) is 24.3 Å². The number of anilines is 1. The summed E-state index contributed by atoms with van der Waals surface area (Å²) in [6.07, 6.45) is 1.12. The summed E-state index contributed by atoms with van der Waals surface area (Å²) in [6, 6.07) is 8.95. The van der Waals surface area contributed by atoms with Crippen LogP contribution in [0.2, 0.25) is 0 Å². The van der Waals surface area contributed by atoms with E-state index < -0.39 is 17.7 Å². The van der Waals surface area contributed by atoms with Gasteiger partial charge in [-0.1, -0.05) is 18.2 Å². The second-order valence-corrected chi connectivity index (χ2v) is 3.55. The Labute approximate surface area is 97.7 Å². The van der Waals surface area contributed by atoms with Crippen molar-refractivity contribution in [3.05, 3.63) is 42.1 Å². The number of rotatable bonds is 2. The van der Waals surface area contributed by atoms with E-state index in [2.05, 4.69) is 5.32 Å². The van der Waals surface area contributed by atoms with Gasteiger partial charge in [-0.15, -0.1) is 0 Å². The third-order valence-corrected chi connectivity index (χ3v) is 2.29. The van der Waals surface area contributed by atoms with Crippen molar-refractivity contribution >= 4 is 23.4 Å². The second-order valence-electron chi connectivity index (χ2n) is 3.55. The van der Waals surface area contributed by atoms with E-state index in [4.69, 9.17) is 0 Å². The molecule has 1 heterocycles. The molecule has 1 N–H and O–H groups in total. The molecule has 0 aliphatic carbocycles. The Hall–Kier alpha value is -2.43. The zero-order valence-electron chi connectivity index (χ0n) is 9.14. The van der Waals surface area contributed by atoms with Gasteiger partial charge in [0, 0.05) is 18.7 Å². The van der Waals surface area contributed by atoms with Crippen LogP contribution in [-0.2, 0) is 14.4 Å². The van der Waals surface area contributed by atoms with Gasteiger partial charge in [-0.3, -0.25) is 14.4 Å². The lowest BCUT2D eigenvalue weighted by atomic mass is 10.3. The number of benzene rings is 1. The van der Waals surface area contributed by atoms with Crippen LogP contribution in [0, 0.1) is 0 Å². The Morgan fingerprint density at radius 1 is 1.18 bits per heavy atom. The number of hydrogen-bond donors (Lipinski definition) is 1. The molecule has 5 nitrogen and oxygen atoms in total. The first-order chi connectivity index (χ1) is 8.09. The van der Waals surface area contributed by atoms with Crippen molar-refractivity contribution in [1.29, 1.82) is 0 Å². The van der Waals surface area contributed by atoms with Gasteiger partial charge in [-0.05, 0) is 12.1 Å².